The average molecular weight is 345 g/mol. The van der Waals surface area contributed by atoms with E-state index in [1.165, 1.54) is 5.69 Å². The molecule has 3 N–H and O–H groups in total. The zero-order chi connectivity index (χ0) is 17.9. The van der Waals surface area contributed by atoms with Crippen LogP contribution in [-0.4, -0.2) is 51.6 Å². The van der Waals surface area contributed by atoms with Crippen molar-refractivity contribution in [2.45, 2.75) is 26.2 Å². The number of rotatable bonds is 10. The van der Waals surface area contributed by atoms with Gasteiger partial charge in [-0.1, -0.05) is 18.2 Å². The first-order valence-corrected chi connectivity index (χ1v) is 9.26. The maximum Gasteiger partial charge on any atom is 0.223 e. The van der Waals surface area contributed by atoms with E-state index in [9.17, 15) is 4.79 Å². The molecule has 1 aliphatic rings. The first-order valence-electron chi connectivity index (χ1n) is 9.26. The van der Waals surface area contributed by atoms with Crippen molar-refractivity contribution in [1.29, 1.82) is 0 Å². The van der Waals surface area contributed by atoms with Gasteiger partial charge in [0, 0.05) is 51.4 Å². The topological polar surface area (TPSA) is 68.8 Å². The van der Waals surface area contributed by atoms with Crippen molar-refractivity contribution in [3.8, 4) is 0 Å². The lowest BCUT2D eigenvalue weighted by Crippen LogP contribution is -2.42. The summed E-state index contributed by atoms with van der Waals surface area (Å²) < 4.78 is 0. The predicted octanol–water partition coefficient (Wildman–Crippen LogP) is 1.59. The third-order valence-electron chi connectivity index (χ3n) is 4.29. The fraction of sp³-hybridized carbons (Fsp3) is 0.579. The number of carbonyl (C=O) groups is 1. The van der Waals surface area contributed by atoms with E-state index >= 15 is 0 Å². The van der Waals surface area contributed by atoms with E-state index in [2.05, 4.69) is 57.0 Å². The highest BCUT2D eigenvalue weighted by Crippen LogP contribution is 2.28. The lowest BCUT2D eigenvalue weighted by atomic mass is 10.2. The van der Waals surface area contributed by atoms with Gasteiger partial charge in [0.05, 0.1) is 0 Å². The van der Waals surface area contributed by atoms with Gasteiger partial charge in [-0.25, -0.2) is 0 Å². The van der Waals surface area contributed by atoms with Crippen LogP contribution in [0.15, 0.2) is 35.3 Å². The second kappa shape index (κ2) is 10.6. The minimum Gasteiger partial charge on any atom is -0.372 e. The van der Waals surface area contributed by atoms with Crippen molar-refractivity contribution in [3.63, 3.8) is 0 Å². The van der Waals surface area contributed by atoms with Crippen molar-refractivity contribution >= 4 is 17.6 Å². The molecule has 138 valence electrons. The molecular weight excluding hydrogens is 314 g/mol. The monoisotopic (exact) mass is 345 g/mol. The first kappa shape index (κ1) is 19.1. The van der Waals surface area contributed by atoms with Gasteiger partial charge in [-0.2, -0.15) is 0 Å². The van der Waals surface area contributed by atoms with Crippen LogP contribution < -0.4 is 20.9 Å². The fourth-order valence-electron chi connectivity index (χ4n) is 2.66. The fourth-order valence-corrected chi connectivity index (χ4v) is 2.66. The second-order valence-electron chi connectivity index (χ2n) is 6.26. The molecule has 1 fully saturated rings. The molecule has 0 saturated heterocycles. The van der Waals surface area contributed by atoms with Crippen molar-refractivity contribution < 1.29 is 4.79 Å². The van der Waals surface area contributed by atoms with Crippen LogP contribution in [0.4, 0.5) is 5.69 Å². The SMILES string of the molecule is CCN(CCCNC(=NC)NCCNC(=O)C1CC1)c1ccccc1. The Morgan fingerprint density at radius 3 is 2.44 bits per heavy atom. The van der Waals surface area contributed by atoms with Crippen molar-refractivity contribution in [2.75, 3.05) is 44.7 Å². The number of hydrogen-bond acceptors (Lipinski definition) is 3. The molecular formula is C19H31N5O. The summed E-state index contributed by atoms with van der Waals surface area (Å²) in [5.74, 6) is 1.23. The summed E-state index contributed by atoms with van der Waals surface area (Å²) in [5.41, 5.74) is 1.26. The standard InChI is InChI=1S/C19H31N5O/c1-3-24(17-8-5-4-6-9-17)15-7-12-22-19(20-2)23-14-13-21-18(25)16-10-11-16/h4-6,8-9,16H,3,7,10-15H2,1-2H3,(H,21,25)(H2,20,22,23). The number of aliphatic imine (C=N–C) groups is 1. The van der Waals surface area contributed by atoms with Gasteiger partial charge in [0.25, 0.3) is 0 Å². The number of nitrogens with one attached hydrogen (secondary N) is 3. The van der Waals surface area contributed by atoms with Gasteiger partial charge in [0.15, 0.2) is 5.96 Å². The molecule has 0 spiro atoms. The van der Waals surface area contributed by atoms with Gasteiger partial charge in [-0.3, -0.25) is 9.79 Å². The maximum absolute atomic E-state index is 11.6. The van der Waals surface area contributed by atoms with Crippen LogP contribution in [0.2, 0.25) is 0 Å². The molecule has 0 unspecified atom stereocenters. The largest absolute Gasteiger partial charge is 0.372 e. The van der Waals surface area contributed by atoms with E-state index in [1.807, 2.05) is 6.07 Å². The summed E-state index contributed by atoms with van der Waals surface area (Å²) in [6.07, 6.45) is 3.11. The zero-order valence-corrected chi connectivity index (χ0v) is 15.4. The third kappa shape index (κ3) is 7.03. The number of anilines is 1. The van der Waals surface area contributed by atoms with Crippen LogP contribution in [0.1, 0.15) is 26.2 Å². The van der Waals surface area contributed by atoms with Gasteiger partial charge in [-0.05, 0) is 38.3 Å². The lowest BCUT2D eigenvalue weighted by Gasteiger charge is -2.23. The van der Waals surface area contributed by atoms with Gasteiger partial charge < -0.3 is 20.9 Å². The maximum atomic E-state index is 11.6. The van der Waals surface area contributed by atoms with Crippen molar-refractivity contribution in [3.05, 3.63) is 30.3 Å². The van der Waals surface area contributed by atoms with E-state index in [0.29, 0.717) is 13.1 Å². The summed E-state index contributed by atoms with van der Waals surface area (Å²) in [7, 11) is 1.76. The highest BCUT2D eigenvalue weighted by molar-refractivity contribution is 5.81. The zero-order valence-electron chi connectivity index (χ0n) is 15.4. The summed E-state index contributed by atoms with van der Waals surface area (Å²) >= 11 is 0. The number of hydrogen-bond donors (Lipinski definition) is 3. The van der Waals surface area contributed by atoms with E-state index in [4.69, 9.17) is 0 Å². The molecule has 1 aliphatic carbocycles. The molecule has 2 rings (SSSR count). The summed E-state index contributed by atoms with van der Waals surface area (Å²) in [5, 5.41) is 9.49. The molecule has 25 heavy (non-hydrogen) atoms. The van der Waals surface area contributed by atoms with Crippen LogP contribution in [-0.2, 0) is 4.79 Å². The molecule has 0 radical (unpaired) electrons. The molecule has 1 aromatic rings. The second-order valence-corrected chi connectivity index (χ2v) is 6.26. The summed E-state index contributed by atoms with van der Waals surface area (Å²) in [6.45, 7) is 6.35. The number of amides is 1. The molecule has 6 heteroatoms. The Hall–Kier alpha value is -2.24. The van der Waals surface area contributed by atoms with Crippen molar-refractivity contribution in [1.82, 2.24) is 16.0 Å². The van der Waals surface area contributed by atoms with Gasteiger partial charge in [0.1, 0.15) is 0 Å². The Bertz CT molecular complexity index is 542. The first-order chi connectivity index (χ1) is 12.2. The smallest absolute Gasteiger partial charge is 0.223 e. The van der Waals surface area contributed by atoms with E-state index in [-0.39, 0.29) is 11.8 Å². The minimum absolute atomic E-state index is 0.185. The molecule has 0 aromatic heterocycles. The Labute approximate surface area is 151 Å². The van der Waals surface area contributed by atoms with E-state index in [1.54, 1.807) is 7.05 Å². The Balaban J connectivity index is 1.57. The number of guanidine groups is 1. The Morgan fingerprint density at radius 1 is 1.12 bits per heavy atom. The van der Waals surface area contributed by atoms with E-state index < -0.39 is 0 Å². The minimum atomic E-state index is 0.185. The Kier molecular flexibility index (Phi) is 8.09. The number of nitrogens with zero attached hydrogens (tertiary/aromatic N) is 2. The van der Waals surface area contributed by atoms with Crippen LogP contribution in [0.25, 0.3) is 0 Å². The summed E-state index contributed by atoms with van der Waals surface area (Å²) in [6, 6.07) is 10.5. The summed E-state index contributed by atoms with van der Waals surface area (Å²) in [4.78, 5) is 18.1. The molecule has 0 aliphatic heterocycles. The van der Waals surface area contributed by atoms with E-state index in [0.717, 1.165) is 44.9 Å². The van der Waals surface area contributed by atoms with Crippen LogP contribution in [0.5, 0.6) is 0 Å². The quantitative estimate of drug-likeness (QED) is 0.342. The highest BCUT2D eigenvalue weighted by Gasteiger charge is 2.28. The number of benzene rings is 1. The van der Waals surface area contributed by atoms with Crippen LogP contribution in [0, 0.1) is 5.92 Å². The average Bonchev–Trinajstić information content (AvgIpc) is 3.49. The normalized spacial score (nSPS) is 14.1. The molecule has 1 aromatic carbocycles. The molecule has 0 atom stereocenters. The molecule has 0 bridgehead atoms. The molecule has 6 nitrogen and oxygen atoms in total. The number of para-hydroxylation sites is 1. The van der Waals surface area contributed by atoms with Gasteiger partial charge >= 0.3 is 0 Å². The third-order valence-corrected chi connectivity index (χ3v) is 4.29. The van der Waals surface area contributed by atoms with Crippen LogP contribution >= 0.6 is 0 Å². The van der Waals surface area contributed by atoms with Gasteiger partial charge in [-0.15, -0.1) is 0 Å². The molecule has 0 heterocycles. The highest BCUT2D eigenvalue weighted by atomic mass is 16.2. The van der Waals surface area contributed by atoms with Crippen molar-refractivity contribution in [2.24, 2.45) is 10.9 Å². The van der Waals surface area contributed by atoms with Gasteiger partial charge in [0.2, 0.25) is 5.91 Å². The van der Waals surface area contributed by atoms with Crippen LogP contribution in [0.3, 0.4) is 0 Å². The number of carbonyl (C=O) groups excluding carboxylic acids is 1. The molecule has 1 amide bonds. The predicted molar refractivity (Wildman–Crippen MR) is 104 cm³/mol. The molecule has 1 saturated carbocycles. The Morgan fingerprint density at radius 2 is 1.80 bits per heavy atom. The lowest BCUT2D eigenvalue weighted by molar-refractivity contribution is -0.122.